The first-order valence-electron chi connectivity index (χ1n) is 9.41. The molecule has 0 spiro atoms. The maximum absolute atomic E-state index is 13.1. The Morgan fingerprint density at radius 2 is 1.96 bits per heavy atom. The molecule has 1 atom stereocenters. The van der Waals surface area contributed by atoms with Gasteiger partial charge in [0.1, 0.15) is 5.82 Å². The number of aryl methyl sites for hydroxylation is 3. The molecule has 0 N–H and O–H groups in total. The van der Waals surface area contributed by atoms with Gasteiger partial charge in [-0.15, -0.1) is 15.3 Å². The van der Waals surface area contributed by atoms with Crippen LogP contribution in [0.3, 0.4) is 0 Å². The number of carbonyl (C=O) groups excluding carboxylic acids is 1. The summed E-state index contributed by atoms with van der Waals surface area (Å²) in [5, 5.41) is 16.2. The van der Waals surface area contributed by atoms with Gasteiger partial charge >= 0.3 is 6.18 Å². The van der Waals surface area contributed by atoms with Gasteiger partial charge in [-0.2, -0.15) is 18.3 Å². The van der Waals surface area contributed by atoms with Crippen molar-refractivity contribution >= 4 is 5.91 Å². The van der Waals surface area contributed by atoms with E-state index in [1.165, 1.54) is 9.47 Å². The molecule has 7 nitrogen and oxygen atoms in total. The molecule has 150 valence electrons. The Bertz CT molecular complexity index is 894. The van der Waals surface area contributed by atoms with E-state index in [0.29, 0.717) is 11.6 Å². The predicted molar refractivity (Wildman–Crippen MR) is 92.4 cm³/mol. The summed E-state index contributed by atoms with van der Waals surface area (Å²) in [5.41, 5.74) is 2.23. The Morgan fingerprint density at radius 1 is 1.18 bits per heavy atom. The number of fused-ring (bicyclic) bond motifs is 2. The van der Waals surface area contributed by atoms with Crippen molar-refractivity contribution in [1.29, 1.82) is 0 Å². The highest BCUT2D eigenvalue weighted by molar-refractivity contribution is 5.92. The molecule has 0 fully saturated rings. The number of halogens is 3. The van der Waals surface area contributed by atoms with Crippen molar-refractivity contribution < 1.29 is 18.0 Å². The first kappa shape index (κ1) is 18.8. The molecule has 0 saturated carbocycles. The second kappa shape index (κ2) is 7.14. The molecule has 1 aliphatic heterocycles. The molecule has 0 radical (unpaired) electrons. The number of alkyl halides is 3. The molecular formula is C18H21F3N6O. The van der Waals surface area contributed by atoms with Crippen LogP contribution in [0.4, 0.5) is 13.2 Å². The molecule has 1 unspecified atom stereocenters. The average molecular weight is 394 g/mol. The van der Waals surface area contributed by atoms with Crippen LogP contribution < -0.4 is 0 Å². The van der Waals surface area contributed by atoms with Crippen LogP contribution in [-0.2, 0) is 32.4 Å². The van der Waals surface area contributed by atoms with E-state index in [1.807, 2.05) is 0 Å². The van der Waals surface area contributed by atoms with Crippen LogP contribution in [-0.4, -0.2) is 49.0 Å². The van der Waals surface area contributed by atoms with Crippen LogP contribution in [0.1, 0.15) is 52.7 Å². The van der Waals surface area contributed by atoms with Crippen molar-refractivity contribution in [2.45, 2.75) is 57.8 Å². The zero-order valence-corrected chi connectivity index (χ0v) is 15.5. The van der Waals surface area contributed by atoms with Crippen LogP contribution >= 0.6 is 0 Å². The van der Waals surface area contributed by atoms with E-state index in [0.717, 1.165) is 36.9 Å². The lowest BCUT2D eigenvalue weighted by molar-refractivity contribution is -0.182. The Balaban J connectivity index is 1.49. The van der Waals surface area contributed by atoms with E-state index >= 15 is 0 Å². The van der Waals surface area contributed by atoms with Gasteiger partial charge in [0.05, 0.1) is 18.2 Å². The van der Waals surface area contributed by atoms with Crippen molar-refractivity contribution in [2.24, 2.45) is 5.92 Å². The maximum Gasteiger partial charge on any atom is 0.393 e. The third-order valence-corrected chi connectivity index (χ3v) is 5.50. The van der Waals surface area contributed by atoms with Gasteiger partial charge in [0.2, 0.25) is 0 Å². The lowest BCUT2D eigenvalue weighted by atomic mass is 9.96. The smallest absolute Gasteiger partial charge is 0.333 e. The average Bonchev–Trinajstić information content (AvgIpc) is 3.08. The molecule has 0 aromatic carbocycles. The molecule has 28 heavy (non-hydrogen) atoms. The Labute approximate surface area is 160 Å². The molecule has 2 aromatic rings. The first-order valence-corrected chi connectivity index (χ1v) is 9.41. The fourth-order valence-corrected chi connectivity index (χ4v) is 3.84. The SMILES string of the molecule is CN(Cc1nnc2n1CC(C(F)(F)F)CC2)C(=O)c1cc2c(nn1)CCCC2. The van der Waals surface area contributed by atoms with E-state index in [1.54, 1.807) is 13.1 Å². The number of rotatable bonds is 3. The molecule has 1 amide bonds. The second-order valence-electron chi connectivity index (χ2n) is 7.49. The van der Waals surface area contributed by atoms with Crippen LogP contribution in [0.15, 0.2) is 6.07 Å². The normalized spacial score (nSPS) is 19.1. The van der Waals surface area contributed by atoms with Crippen LogP contribution in [0.25, 0.3) is 0 Å². The van der Waals surface area contributed by atoms with Crippen molar-refractivity contribution in [3.8, 4) is 0 Å². The molecule has 10 heteroatoms. The quantitative estimate of drug-likeness (QED) is 0.799. The number of carbonyl (C=O) groups is 1. The first-order chi connectivity index (χ1) is 13.3. The van der Waals surface area contributed by atoms with E-state index in [4.69, 9.17) is 0 Å². The lowest BCUT2D eigenvalue weighted by Gasteiger charge is -2.27. The summed E-state index contributed by atoms with van der Waals surface area (Å²) in [6.45, 7) is -0.142. The highest BCUT2D eigenvalue weighted by Crippen LogP contribution is 2.34. The summed E-state index contributed by atoms with van der Waals surface area (Å²) in [4.78, 5) is 14.1. The topological polar surface area (TPSA) is 76.8 Å². The number of amides is 1. The van der Waals surface area contributed by atoms with Gasteiger partial charge in [-0.25, -0.2) is 0 Å². The summed E-state index contributed by atoms with van der Waals surface area (Å²) < 4.78 is 40.8. The van der Waals surface area contributed by atoms with E-state index in [9.17, 15) is 18.0 Å². The number of hydrogen-bond acceptors (Lipinski definition) is 5. The van der Waals surface area contributed by atoms with Gasteiger partial charge in [0, 0.05) is 20.0 Å². The monoisotopic (exact) mass is 394 g/mol. The lowest BCUT2D eigenvalue weighted by Crippen LogP contribution is -2.34. The van der Waals surface area contributed by atoms with Crippen molar-refractivity contribution in [3.05, 3.63) is 34.7 Å². The van der Waals surface area contributed by atoms with Gasteiger partial charge in [0.15, 0.2) is 11.5 Å². The number of hydrogen-bond donors (Lipinski definition) is 0. The van der Waals surface area contributed by atoms with Crippen molar-refractivity contribution in [1.82, 2.24) is 29.9 Å². The zero-order chi connectivity index (χ0) is 19.9. The minimum atomic E-state index is -4.25. The standard InChI is InChI=1S/C18H21F3N6O/c1-26(17(28)14-8-11-4-2-3-5-13(11)22-23-14)10-16-25-24-15-7-6-12(9-27(15)16)18(19,20)21/h8,12H,2-7,9-10H2,1H3. The summed E-state index contributed by atoms with van der Waals surface area (Å²) in [7, 11) is 1.58. The van der Waals surface area contributed by atoms with Crippen LogP contribution in [0, 0.1) is 5.92 Å². The van der Waals surface area contributed by atoms with E-state index < -0.39 is 12.1 Å². The molecule has 2 aromatic heterocycles. The molecular weight excluding hydrogens is 373 g/mol. The fraction of sp³-hybridized carbons (Fsp3) is 0.611. The third-order valence-electron chi connectivity index (χ3n) is 5.50. The molecule has 3 heterocycles. The highest BCUT2D eigenvalue weighted by Gasteiger charge is 2.42. The number of aromatic nitrogens is 5. The Hall–Kier alpha value is -2.52. The molecule has 0 saturated heterocycles. The van der Waals surface area contributed by atoms with Gasteiger partial charge < -0.3 is 9.47 Å². The molecule has 2 aliphatic rings. The highest BCUT2D eigenvalue weighted by atomic mass is 19.4. The van der Waals surface area contributed by atoms with E-state index in [2.05, 4.69) is 20.4 Å². The summed E-state index contributed by atoms with van der Waals surface area (Å²) in [6.07, 6.45) is -0.115. The van der Waals surface area contributed by atoms with Crippen molar-refractivity contribution in [3.63, 3.8) is 0 Å². The number of nitrogens with zero attached hydrogens (tertiary/aromatic N) is 6. The van der Waals surface area contributed by atoms with Crippen LogP contribution in [0.5, 0.6) is 0 Å². The zero-order valence-electron chi connectivity index (χ0n) is 15.5. The van der Waals surface area contributed by atoms with Gasteiger partial charge in [0.25, 0.3) is 5.91 Å². The predicted octanol–water partition coefficient (Wildman–Crippen LogP) is 2.34. The summed E-state index contributed by atoms with van der Waals surface area (Å²) in [6, 6.07) is 1.78. The Morgan fingerprint density at radius 3 is 2.75 bits per heavy atom. The summed E-state index contributed by atoms with van der Waals surface area (Å²) >= 11 is 0. The van der Waals surface area contributed by atoms with Crippen LogP contribution in [0.2, 0.25) is 0 Å². The summed E-state index contributed by atoms with van der Waals surface area (Å²) in [5.74, 6) is -0.862. The van der Waals surface area contributed by atoms with Crippen molar-refractivity contribution in [2.75, 3.05) is 7.05 Å². The molecule has 0 bridgehead atoms. The maximum atomic E-state index is 13.1. The van der Waals surface area contributed by atoms with Gasteiger partial charge in [-0.3, -0.25) is 4.79 Å². The van der Waals surface area contributed by atoms with Gasteiger partial charge in [-0.1, -0.05) is 0 Å². The third kappa shape index (κ3) is 3.59. The Kier molecular flexibility index (Phi) is 4.80. The molecule has 4 rings (SSSR count). The minimum absolute atomic E-state index is 0.0150. The van der Waals surface area contributed by atoms with Gasteiger partial charge in [-0.05, 0) is 43.7 Å². The van der Waals surface area contributed by atoms with E-state index in [-0.39, 0.29) is 37.5 Å². The molecule has 1 aliphatic carbocycles. The largest absolute Gasteiger partial charge is 0.393 e. The fourth-order valence-electron chi connectivity index (χ4n) is 3.84. The second-order valence-corrected chi connectivity index (χ2v) is 7.49. The minimum Gasteiger partial charge on any atom is -0.333 e.